The van der Waals surface area contributed by atoms with Gasteiger partial charge in [-0.15, -0.1) is 5.70 Å². The van der Waals surface area contributed by atoms with E-state index in [1.54, 1.807) is 32.4 Å². The molecule has 0 N–H and O–H groups in total. The molecule has 1 amide bonds. The van der Waals surface area contributed by atoms with E-state index in [2.05, 4.69) is 19.7 Å². The van der Waals surface area contributed by atoms with Gasteiger partial charge in [0.25, 0.3) is 0 Å². The summed E-state index contributed by atoms with van der Waals surface area (Å²) in [7, 11) is 4.98. The van der Waals surface area contributed by atoms with Crippen LogP contribution in [0.4, 0.5) is 0 Å². The van der Waals surface area contributed by atoms with Crippen molar-refractivity contribution in [1.82, 2.24) is 9.80 Å². The van der Waals surface area contributed by atoms with Crippen molar-refractivity contribution >= 4 is 17.9 Å². The van der Waals surface area contributed by atoms with Crippen LogP contribution in [0.1, 0.15) is 24.5 Å². The van der Waals surface area contributed by atoms with Crippen LogP contribution in [-0.2, 0) is 16.0 Å². The molecule has 0 aliphatic rings. The van der Waals surface area contributed by atoms with Gasteiger partial charge in [-0.3, -0.25) is 4.79 Å². The Kier molecular flexibility index (Phi) is 12.0. The summed E-state index contributed by atoms with van der Waals surface area (Å²) in [6, 6.07) is 5.79. The van der Waals surface area contributed by atoms with Gasteiger partial charge in [0.2, 0.25) is 5.91 Å². The van der Waals surface area contributed by atoms with E-state index in [4.69, 9.17) is 4.74 Å². The van der Waals surface area contributed by atoms with Gasteiger partial charge in [-0.05, 0) is 36.4 Å². The molecule has 0 fully saturated rings. The van der Waals surface area contributed by atoms with Gasteiger partial charge in [-0.1, -0.05) is 19.1 Å². The molecule has 0 saturated heterocycles. The van der Waals surface area contributed by atoms with E-state index in [0.717, 1.165) is 17.5 Å². The fraction of sp³-hybridized carbons (Fsp3) is 0.368. The number of hydrogen-bond acceptors (Lipinski definition) is 4. The minimum Gasteiger partial charge on any atom is -0.511 e. The van der Waals surface area contributed by atoms with Gasteiger partial charge in [0.15, 0.2) is 0 Å². The molecule has 1 aromatic carbocycles. The van der Waals surface area contributed by atoms with E-state index in [1.807, 2.05) is 18.2 Å². The number of allylic oxidation sites excluding steroid dienone is 1. The van der Waals surface area contributed by atoms with Gasteiger partial charge in [-0.2, -0.15) is 18.9 Å². The van der Waals surface area contributed by atoms with Crippen LogP contribution in [0.5, 0.6) is 5.75 Å². The minimum absolute atomic E-state index is 0. The van der Waals surface area contributed by atoms with E-state index >= 15 is 0 Å². The van der Waals surface area contributed by atoms with Gasteiger partial charge in [0.05, 0.1) is 7.11 Å². The summed E-state index contributed by atoms with van der Waals surface area (Å²) in [6.45, 7) is 6.08. The van der Waals surface area contributed by atoms with Crippen LogP contribution in [0.25, 0.3) is 5.70 Å². The Morgan fingerprint density at radius 3 is 2.52 bits per heavy atom. The summed E-state index contributed by atoms with van der Waals surface area (Å²) in [4.78, 5) is 26.0. The van der Waals surface area contributed by atoms with Crippen molar-refractivity contribution in [3.8, 4) is 5.75 Å². The zero-order chi connectivity index (χ0) is 18.1. The molecular formula is C19H24KN2O3-. The second-order valence-corrected chi connectivity index (χ2v) is 5.38. The van der Waals surface area contributed by atoms with E-state index in [0.29, 0.717) is 18.0 Å². The Morgan fingerprint density at radius 2 is 2.04 bits per heavy atom. The van der Waals surface area contributed by atoms with Gasteiger partial charge in [0.1, 0.15) is 5.75 Å². The van der Waals surface area contributed by atoms with Crippen LogP contribution in [0.2, 0.25) is 0 Å². The number of benzene rings is 1. The maximum Gasteiger partial charge on any atom is 1.00 e. The molecule has 5 nitrogen and oxygen atoms in total. The van der Waals surface area contributed by atoms with Gasteiger partial charge in [0, 0.05) is 20.5 Å². The first-order chi connectivity index (χ1) is 11.5. The summed E-state index contributed by atoms with van der Waals surface area (Å²) < 4.78 is 5.45. The average molecular weight is 368 g/mol. The molecule has 0 aromatic heterocycles. The monoisotopic (exact) mass is 367 g/mol. The number of ether oxygens (including phenoxy) is 1. The number of amides is 1. The zero-order valence-corrected chi connectivity index (χ0v) is 18.9. The molecule has 0 radical (unpaired) electrons. The van der Waals surface area contributed by atoms with Crippen molar-refractivity contribution in [2.75, 3.05) is 27.7 Å². The molecular weight excluding hydrogens is 343 g/mol. The second kappa shape index (κ2) is 12.4. The largest absolute Gasteiger partial charge is 1.00 e. The number of nitrogens with zero attached hydrogens (tertiary/aromatic N) is 2. The van der Waals surface area contributed by atoms with Crippen molar-refractivity contribution < 1.29 is 65.7 Å². The van der Waals surface area contributed by atoms with E-state index in [1.165, 1.54) is 11.0 Å². The molecule has 0 unspecified atom stereocenters. The third-order valence-electron chi connectivity index (χ3n) is 3.68. The van der Waals surface area contributed by atoms with Gasteiger partial charge >= 0.3 is 51.4 Å². The normalized spacial score (nSPS) is 10.5. The summed E-state index contributed by atoms with van der Waals surface area (Å²) in [6.07, 6.45) is 7.03. The number of rotatable bonds is 9. The van der Waals surface area contributed by atoms with Crippen LogP contribution < -0.4 is 56.1 Å². The second-order valence-electron chi connectivity index (χ2n) is 5.38. The molecule has 0 saturated carbocycles. The minimum atomic E-state index is -0.0158. The summed E-state index contributed by atoms with van der Waals surface area (Å²) in [5.74, 6) is 0.632. The molecule has 0 spiro atoms. The van der Waals surface area contributed by atoms with Crippen LogP contribution in [-0.4, -0.2) is 49.7 Å². The summed E-state index contributed by atoms with van der Waals surface area (Å²) in [5.41, 5.74) is 2.40. The van der Waals surface area contributed by atoms with Gasteiger partial charge in [-0.25, -0.2) is 0 Å². The maximum absolute atomic E-state index is 11.8. The number of hydrogen-bond donors (Lipinski definition) is 0. The summed E-state index contributed by atoms with van der Waals surface area (Å²) in [5, 5.41) is 0. The Balaban J connectivity index is 0.00000576. The zero-order valence-electron chi connectivity index (χ0n) is 15.8. The molecule has 130 valence electrons. The van der Waals surface area contributed by atoms with E-state index in [9.17, 15) is 9.59 Å². The Morgan fingerprint density at radius 1 is 1.36 bits per heavy atom. The molecule has 0 aliphatic carbocycles. The van der Waals surface area contributed by atoms with Gasteiger partial charge < -0.3 is 19.3 Å². The molecule has 0 bridgehead atoms. The molecule has 0 aliphatic heterocycles. The first-order valence-corrected chi connectivity index (χ1v) is 7.74. The first kappa shape index (κ1) is 24.1. The fourth-order valence-corrected chi connectivity index (χ4v) is 2.24. The summed E-state index contributed by atoms with van der Waals surface area (Å²) >= 11 is 0. The van der Waals surface area contributed by atoms with E-state index < -0.39 is 0 Å². The molecule has 0 atom stereocenters. The predicted molar refractivity (Wildman–Crippen MR) is 94.9 cm³/mol. The van der Waals surface area contributed by atoms with Crippen LogP contribution in [0.15, 0.2) is 30.9 Å². The number of aryl methyl sites for hydroxylation is 1. The fourth-order valence-electron chi connectivity index (χ4n) is 2.24. The number of methoxy groups -OCH3 is 1. The van der Waals surface area contributed by atoms with Crippen LogP contribution >= 0.6 is 0 Å². The standard InChI is InChI=1S/C19H24N2O3.K/c1-6-15-8-9-16(18(14-15)24-5)17(11-13-22)21(7-2)12-10-19(23)20(3)4;/h8-9,11,14H,2,6,10,12H2,1,3-5H3;/q-2;+1/b17-11-;. The molecule has 0 heterocycles. The SMILES string of the molecule is C=[C-]N(CCC(=O)N(C)C)/C(=C\[C-]=O)c1ccc(CC)cc1OC.[K+]. The Hall–Kier alpha value is -0.924. The third-order valence-corrected chi connectivity index (χ3v) is 3.68. The topological polar surface area (TPSA) is 49.9 Å². The third kappa shape index (κ3) is 7.07. The predicted octanol–water partition coefficient (Wildman–Crippen LogP) is -0.561. The maximum atomic E-state index is 11.8. The van der Waals surface area contributed by atoms with Crippen LogP contribution in [0.3, 0.4) is 0 Å². The Labute approximate surface area is 193 Å². The van der Waals surface area contributed by atoms with Crippen molar-refractivity contribution in [3.63, 3.8) is 0 Å². The molecule has 25 heavy (non-hydrogen) atoms. The Bertz CT molecular complexity index is 627. The van der Waals surface area contributed by atoms with Crippen molar-refractivity contribution in [1.29, 1.82) is 0 Å². The van der Waals surface area contributed by atoms with E-state index in [-0.39, 0.29) is 63.7 Å². The smallest absolute Gasteiger partial charge is 0.511 e. The quantitative estimate of drug-likeness (QED) is 0.254. The average Bonchev–Trinajstić information content (AvgIpc) is 2.60. The van der Waals surface area contributed by atoms with Crippen molar-refractivity contribution in [3.05, 3.63) is 48.2 Å². The number of carbonyl (C=O) groups excluding carboxylic acids is 2. The molecule has 1 rings (SSSR count). The first-order valence-electron chi connectivity index (χ1n) is 7.74. The molecule has 6 heteroatoms. The van der Waals surface area contributed by atoms with Crippen molar-refractivity contribution in [2.45, 2.75) is 19.8 Å². The number of carbonyl (C=O) groups is 1. The molecule has 1 aromatic rings. The van der Waals surface area contributed by atoms with Crippen molar-refractivity contribution in [2.24, 2.45) is 0 Å². The van der Waals surface area contributed by atoms with Crippen LogP contribution in [0, 0.1) is 6.20 Å².